The highest BCUT2D eigenvalue weighted by Gasteiger charge is 2.46. The first kappa shape index (κ1) is 15.7. The van der Waals surface area contributed by atoms with Crippen LogP contribution in [0.4, 0.5) is 0 Å². The quantitative estimate of drug-likeness (QED) is 0.833. The summed E-state index contributed by atoms with van der Waals surface area (Å²) in [7, 11) is 0. The van der Waals surface area contributed by atoms with E-state index in [1.807, 2.05) is 0 Å². The first-order valence-electron chi connectivity index (χ1n) is 8.97. The Bertz CT molecular complexity index is 347. The van der Waals surface area contributed by atoms with Crippen LogP contribution in [0.1, 0.15) is 40.0 Å². The van der Waals surface area contributed by atoms with Gasteiger partial charge in [0, 0.05) is 44.3 Å². The highest BCUT2D eigenvalue weighted by atomic mass is 16.5. The highest BCUT2D eigenvalue weighted by Crippen LogP contribution is 2.41. The summed E-state index contributed by atoms with van der Waals surface area (Å²) in [6.07, 6.45) is 4.46. The van der Waals surface area contributed by atoms with Crippen LogP contribution in [0.2, 0.25) is 0 Å². The maximum absolute atomic E-state index is 6.05. The number of nitrogens with one attached hydrogen (secondary N) is 1. The maximum atomic E-state index is 6.05. The molecule has 0 spiro atoms. The zero-order valence-electron chi connectivity index (χ0n) is 14.1. The van der Waals surface area contributed by atoms with Crippen LogP contribution in [0.5, 0.6) is 0 Å². The van der Waals surface area contributed by atoms with E-state index < -0.39 is 0 Å². The van der Waals surface area contributed by atoms with Crippen LogP contribution in [-0.4, -0.2) is 73.4 Å². The van der Waals surface area contributed by atoms with Crippen molar-refractivity contribution >= 4 is 0 Å². The number of piperazine rings is 1. The fourth-order valence-electron chi connectivity index (χ4n) is 4.14. The van der Waals surface area contributed by atoms with E-state index in [0.29, 0.717) is 17.7 Å². The Balaban J connectivity index is 1.60. The molecule has 1 N–H and O–H groups in total. The van der Waals surface area contributed by atoms with Crippen LogP contribution in [-0.2, 0) is 4.74 Å². The lowest BCUT2D eigenvalue weighted by atomic mass is 9.90. The minimum Gasteiger partial charge on any atom is -0.374 e. The van der Waals surface area contributed by atoms with Crippen molar-refractivity contribution in [2.45, 2.75) is 57.7 Å². The number of likely N-dealkylation sites (N-methyl/N-ethyl adjacent to an activating group) is 1. The number of rotatable bonds is 5. The fourth-order valence-corrected chi connectivity index (χ4v) is 4.14. The maximum Gasteiger partial charge on any atom is 0.0829 e. The number of morpholine rings is 1. The van der Waals surface area contributed by atoms with Gasteiger partial charge < -0.3 is 10.1 Å². The largest absolute Gasteiger partial charge is 0.374 e. The second kappa shape index (κ2) is 6.53. The lowest BCUT2D eigenvalue weighted by Crippen LogP contribution is -2.65. The molecule has 1 saturated carbocycles. The summed E-state index contributed by atoms with van der Waals surface area (Å²) in [6, 6.07) is 0.678. The average Bonchev–Trinajstić information content (AvgIpc) is 3.33. The van der Waals surface area contributed by atoms with E-state index in [-0.39, 0.29) is 0 Å². The van der Waals surface area contributed by atoms with E-state index in [1.54, 1.807) is 0 Å². The van der Waals surface area contributed by atoms with E-state index in [9.17, 15) is 0 Å². The third kappa shape index (κ3) is 3.61. The number of ether oxygens (including phenoxy) is 1. The van der Waals surface area contributed by atoms with Crippen molar-refractivity contribution in [3.63, 3.8) is 0 Å². The second-order valence-electron chi connectivity index (χ2n) is 7.45. The zero-order valence-corrected chi connectivity index (χ0v) is 14.1. The first-order chi connectivity index (χ1) is 10.1. The molecule has 2 saturated heterocycles. The van der Waals surface area contributed by atoms with Gasteiger partial charge in [0.1, 0.15) is 0 Å². The van der Waals surface area contributed by atoms with Crippen molar-refractivity contribution in [3.05, 3.63) is 0 Å². The lowest BCUT2D eigenvalue weighted by molar-refractivity contribution is -0.0576. The zero-order chi connectivity index (χ0) is 14.9. The minimum atomic E-state index is 0.338. The van der Waals surface area contributed by atoms with Gasteiger partial charge in [-0.2, -0.15) is 0 Å². The summed E-state index contributed by atoms with van der Waals surface area (Å²) in [5.41, 5.74) is 0.338. The van der Waals surface area contributed by atoms with Crippen molar-refractivity contribution in [2.75, 3.05) is 45.9 Å². The van der Waals surface area contributed by atoms with Crippen LogP contribution in [0, 0.1) is 5.92 Å². The Morgan fingerprint density at radius 3 is 2.76 bits per heavy atom. The molecule has 122 valence electrons. The van der Waals surface area contributed by atoms with Gasteiger partial charge in [0.15, 0.2) is 0 Å². The summed E-state index contributed by atoms with van der Waals surface area (Å²) < 4.78 is 6.05. The molecular formula is C17H33N3O. The molecule has 0 radical (unpaired) electrons. The molecule has 3 unspecified atom stereocenters. The molecule has 3 rings (SSSR count). The first-order valence-corrected chi connectivity index (χ1v) is 8.97. The summed E-state index contributed by atoms with van der Waals surface area (Å²) in [6.45, 7) is 14.7. The van der Waals surface area contributed by atoms with Crippen LogP contribution in [0.15, 0.2) is 0 Å². The van der Waals surface area contributed by atoms with E-state index in [1.165, 1.54) is 25.8 Å². The van der Waals surface area contributed by atoms with Gasteiger partial charge in [-0.15, -0.1) is 0 Å². The van der Waals surface area contributed by atoms with E-state index in [2.05, 4.69) is 35.9 Å². The molecule has 0 aromatic rings. The predicted molar refractivity (Wildman–Crippen MR) is 86.6 cm³/mol. The van der Waals surface area contributed by atoms with E-state index in [0.717, 1.165) is 45.2 Å². The van der Waals surface area contributed by atoms with Crippen LogP contribution >= 0.6 is 0 Å². The van der Waals surface area contributed by atoms with Gasteiger partial charge in [-0.3, -0.25) is 9.80 Å². The number of hydrogen-bond donors (Lipinski definition) is 1. The van der Waals surface area contributed by atoms with Crippen molar-refractivity contribution in [2.24, 2.45) is 5.92 Å². The molecule has 0 bridgehead atoms. The monoisotopic (exact) mass is 295 g/mol. The van der Waals surface area contributed by atoms with E-state index >= 15 is 0 Å². The molecule has 0 amide bonds. The topological polar surface area (TPSA) is 27.7 Å². The Labute approximate surface area is 130 Å². The molecule has 0 aromatic heterocycles. The van der Waals surface area contributed by atoms with Gasteiger partial charge in [-0.05, 0) is 38.6 Å². The smallest absolute Gasteiger partial charge is 0.0829 e. The van der Waals surface area contributed by atoms with Crippen molar-refractivity contribution < 1.29 is 4.74 Å². The summed E-state index contributed by atoms with van der Waals surface area (Å²) in [5, 5.41) is 3.85. The number of nitrogens with zero attached hydrogens (tertiary/aromatic N) is 2. The molecule has 1 aliphatic carbocycles. The fraction of sp³-hybridized carbons (Fsp3) is 1.00. The third-order valence-electron chi connectivity index (χ3n) is 5.85. The molecular weight excluding hydrogens is 262 g/mol. The van der Waals surface area contributed by atoms with Crippen molar-refractivity contribution in [1.82, 2.24) is 15.1 Å². The number of hydrogen-bond acceptors (Lipinski definition) is 4. The normalized spacial score (nSPS) is 39.6. The molecule has 0 aromatic carbocycles. The molecule has 2 heterocycles. The van der Waals surface area contributed by atoms with Crippen LogP contribution < -0.4 is 5.32 Å². The molecule has 3 aliphatic rings. The Morgan fingerprint density at radius 2 is 2.10 bits per heavy atom. The second-order valence-corrected chi connectivity index (χ2v) is 7.45. The molecule has 4 heteroatoms. The van der Waals surface area contributed by atoms with Crippen molar-refractivity contribution in [1.29, 1.82) is 0 Å². The summed E-state index contributed by atoms with van der Waals surface area (Å²) >= 11 is 0. The lowest BCUT2D eigenvalue weighted by Gasteiger charge is -2.48. The minimum absolute atomic E-state index is 0.338. The van der Waals surface area contributed by atoms with Gasteiger partial charge >= 0.3 is 0 Å². The molecule has 3 fully saturated rings. The average molecular weight is 295 g/mol. The van der Waals surface area contributed by atoms with Gasteiger partial charge in [-0.1, -0.05) is 13.8 Å². The van der Waals surface area contributed by atoms with Gasteiger partial charge in [-0.25, -0.2) is 0 Å². The van der Waals surface area contributed by atoms with Gasteiger partial charge in [0.25, 0.3) is 0 Å². The van der Waals surface area contributed by atoms with E-state index in [4.69, 9.17) is 4.74 Å². The Kier molecular flexibility index (Phi) is 4.89. The van der Waals surface area contributed by atoms with Crippen LogP contribution in [0.3, 0.4) is 0 Å². The Morgan fingerprint density at radius 1 is 1.29 bits per heavy atom. The summed E-state index contributed by atoms with van der Waals surface area (Å²) in [5.74, 6) is 0.900. The third-order valence-corrected chi connectivity index (χ3v) is 5.85. The Hall–Kier alpha value is -0.160. The highest BCUT2D eigenvalue weighted by molar-refractivity contribution is 5.04. The molecule has 21 heavy (non-hydrogen) atoms. The van der Waals surface area contributed by atoms with Crippen molar-refractivity contribution in [3.8, 4) is 0 Å². The molecule has 4 nitrogen and oxygen atoms in total. The predicted octanol–water partition coefficient (Wildman–Crippen LogP) is 1.56. The van der Waals surface area contributed by atoms with Gasteiger partial charge in [0.05, 0.1) is 12.7 Å². The SMILES string of the molecule is CCC1CNC(C)(C2CC2)CN1CC1CN(CC)CCO1. The van der Waals surface area contributed by atoms with Crippen LogP contribution in [0.25, 0.3) is 0 Å². The van der Waals surface area contributed by atoms with Gasteiger partial charge in [0.2, 0.25) is 0 Å². The molecule has 3 atom stereocenters. The standard InChI is InChI=1S/C17H33N3O/c1-4-15-10-18-17(3,14-6-7-14)13-20(15)12-16-11-19(5-2)8-9-21-16/h14-16,18H,4-13H2,1-3H3. The summed E-state index contributed by atoms with van der Waals surface area (Å²) in [4.78, 5) is 5.25. The molecule has 2 aliphatic heterocycles.